The Labute approximate surface area is 110 Å². The van der Waals surface area contributed by atoms with Crippen molar-refractivity contribution < 1.29 is 23.1 Å². The van der Waals surface area contributed by atoms with E-state index in [9.17, 15) is 13.2 Å². The molecule has 1 rings (SSSR count). The number of hydrogen-bond acceptors (Lipinski definition) is 5. The molecule has 0 aliphatic rings. The van der Waals surface area contributed by atoms with Gasteiger partial charge < -0.3 is 9.84 Å². The fraction of sp³-hybridized carbons (Fsp3) is 0.500. The van der Waals surface area contributed by atoms with Crippen molar-refractivity contribution in [3.05, 3.63) is 16.3 Å². The molecule has 1 aromatic heterocycles. The smallest absolute Gasteiger partial charge is 0.345 e. The van der Waals surface area contributed by atoms with Gasteiger partial charge in [-0.2, -0.15) is 0 Å². The lowest BCUT2D eigenvalue weighted by Crippen LogP contribution is -2.37. The molecule has 6 nitrogen and oxygen atoms in total. The van der Waals surface area contributed by atoms with Gasteiger partial charge in [0, 0.05) is 18.5 Å². The van der Waals surface area contributed by atoms with E-state index in [1.54, 1.807) is 0 Å². The maximum Gasteiger partial charge on any atom is 0.345 e. The highest BCUT2D eigenvalue weighted by molar-refractivity contribution is 7.89. The van der Waals surface area contributed by atoms with Crippen LogP contribution in [0.2, 0.25) is 0 Å². The lowest BCUT2D eigenvalue weighted by Gasteiger charge is -2.15. The van der Waals surface area contributed by atoms with Gasteiger partial charge in [0.2, 0.25) is 10.0 Å². The Bertz CT molecular complexity index is 508. The second kappa shape index (κ2) is 6.28. The molecule has 0 aliphatic heterocycles. The van der Waals surface area contributed by atoms with Crippen molar-refractivity contribution in [2.24, 2.45) is 0 Å². The van der Waals surface area contributed by atoms with E-state index in [1.165, 1.54) is 12.5 Å². The number of methoxy groups -OCH3 is 1. The summed E-state index contributed by atoms with van der Waals surface area (Å²) >= 11 is 0.883. The summed E-state index contributed by atoms with van der Waals surface area (Å²) in [5, 5.41) is 10.1. The van der Waals surface area contributed by atoms with Gasteiger partial charge in [0.05, 0.1) is 11.5 Å². The normalized spacial score (nSPS) is 13.4. The number of rotatable bonds is 7. The molecule has 0 aliphatic carbocycles. The first kappa shape index (κ1) is 15.1. The van der Waals surface area contributed by atoms with Gasteiger partial charge in [-0.3, -0.25) is 0 Å². The van der Waals surface area contributed by atoms with Crippen LogP contribution in [0.15, 0.2) is 16.3 Å². The standard InChI is InChI=1S/C10H15NO5S2/c1-3-7(5-16-2)11-18(14,15)8-4-9(10(12)13)17-6-8/h4,6-7,11H,3,5H2,1-2H3,(H,12,13). The van der Waals surface area contributed by atoms with Gasteiger partial charge in [0.1, 0.15) is 4.88 Å². The Morgan fingerprint density at radius 2 is 2.28 bits per heavy atom. The third-order valence-electron chi connectivity index (χ3n) is 2.28. The minimum Gasteiger partial charge on any atom is -0.477 e. The van der Waals surface area contributed by atoms with Crippen molar-refractivity contribution in [3.8, 4) is 0 Å². The summed E-state index contributed by atoms with van der Waals surface area (Å²) in [5.74, 6) is -1.13. The van der Waals surface area contributed by atoms with Gasteiger partial charge in [-0.1, -0.05) is 6.92 Å². The van der Waals surface area contributed by atoms with E-state index >= 15 is 0 Å². The summed E-state index contributed by atoms with van der Waals surface area (Å²) in [6.45, 7) is 2.11. The summed E-state index contributed by atoms with van der Waals surface area (Å²) in [5.41, 5.74) is 0. The van der Waals surface area contributed by atoms with Gasteiger partial charge in [-0.25, -0.2) is 17.9 Å². The molecule has 18 heavy (non-hydrogen) atoms. The maximum absolute atomic E-state index is 12.0. The van der Waals surface area contributed by atoms with Gasteiger partial charge >= 0.3 is 5.97 Å². The molecular weight excluding hydrogens is 278 g/mol. The van der Waals surface area contributed by atoms with Gasteiger partial charge in [0.15, 0.2) is 0 Å². The van der Waals surface area contributed by atoms with Gasteiger partial charge in [-0.05, 0) is 12.5 Å². The molecule has 0 amide bonds. The largest absolute Gasteiger partial charge is 0.477 e. The van der Waals surface area contributed by atoms with E-state index in [0.29, 0.717) is 6.42 Å². The number of carboxylic acids is 1. The molecule has 1 atom stereocenters. The maximum atomic E-state index is 12.0. The zero-order chi connectivity index (χ0) is 13.8. The average molecular weight is 293 g/mol. The number of aromatic carboxylic acids is 1. The molecule has 1 unspecified atom stereocenters. The number of sulfonamides is 1. The number of hydrogen-bond donors (Lipinski definition) is 2. The van der Waals surface area contributed by atoms with Crippen LogP contribution < -0.4 is 4.72 Å². The molecular formula is C10H15NO5S2. The molecule has 0 fully saturated rings. The van der Waals surface area contributed by atoms with Crippen LogP contribution in [0.1, 0.15) is 23.0 Å². The molecule has 0 bridgehead atoms. The molecule has 0 saturated carbocycles. The van der Waals surface area contributed by atoms with Crippen LogP contribution in [0.4, 0.5) is 0 Å². The Morgan fingerprint density at radius 3 is 2.72 bits per heavy atom. The van der Waals surface area contributed by atoms with E-state index in [-0.39, 0.29) is 22.4 Å². The Kier molecular flexibility index (Phi) is 5.27. The van der Waals surface area contributed by atoms with Crippen LogP contribution in [-0.2, 0) is 14.8 Å². The first-order chi connectivity index (χ1) is 8.40. The zero-order valence-corrected chi connectivity index (χ0v) is 11.7. The summed E-state index contributed by atoms with van der Waals surface area (Å²) in [6, 6.07) is 0.822. The van der Waals surface area contributed by atoms with Crippen LogP contribution in [-0.4, -0.2) is 39.3 Å². The fourth-order valence-corrected chi connectivity index (χ4v) is 3.71. The Hall–Kier alpha value is -0.960. The topological polar surface area (TPSA) is 92.7 Å². The number of ether oxygens (including phenoxy) is 1. The number of carbonyl (C=O) groups is 1. The van der Waals surface area contributed by atoms with Crippen molar-refractivity contribution in [1.82, 2.24) is 4.72 Å². The van der Waals surface area contributed by atoms with E-state index in [0.717, 1.165) is 17.4 Å². The molecule has 1 aromatic rings. The number of thiophene rings is 1. The van der Waals surface area contributed by atoms with Crippen LogP contribution in [0, 0.1) is 0 Å². The van der Waals surface area contributed by atoms with Crippen molar-refractivity contribution in [1.29, 1.82) is 0 Å². The monoisotopic (exact) mass is 293 g/mol. The predicted molar refractivity (Wildman–Crippen MR) is 67.6 cm³/mol. The molecule has 0 spiro atoms. The SMILES string of the molecule is CCC(COC)NS(=O)(=O)c1csc(C(=O)O)c1. The van der Waals surface area contributed by atoms with Crippen LogP contribution in [0.5, 0.6) is 0 Å². The van der Waals surface area contributed by atoms with E-state index in [2.05, 4.69) is 4.72 Å². The van der Waals surface area contributed by atoms with E-state index < -0.39 is 16.0 Å². The Morgan fingerprint density at radius 1 is 1.61 bits per heavy atom. The lowest BCUT2D eigenvalue weighted by atomic mass is 10.3. The van der Waals surface area contributed by atoms with Gasteiger partial charge in [0.25, 0.3) is 0 Å². The molecule has 0 saturated heterocycles. The fourth-order valence-electron chi connectivity index (χ4n) is 1.30. The number of carboxylic acid groups (broad SMARTS) is 1. The van der Waals surface area contributed by atoms with Crippen molar-refractivity contribution in [2.45, 2.75) is 24.3 Å². The van der Waals surface area contributed by atoms with Crippen LogP contribution in [0.25, 0.3) is 0 Å². The highest BCUT2D eigenvalue weighted by Gasteiger charge is 2.21. The second-order valence-corrected chi connectivity index (χ2v) is 6.26. The first-order valence-corrected chi connectivity index (χ1v) is 7.60. The first-order valence-electron chi connectivity index (χ1n) is 5.23. The summed E-state index contributed by atoms with van der Waals surface area (Å²) in [7, 11) is -2.20. The van der Waals surface area contributed by atoms with Crippen molar-refractivity contribution in [3.63, 3.8) is 0 Å². The highest BCUT2D eigenvalue weighted by Crippen LogP contribution is 2.19. The molecule has 0 aromatic carbocycles. The third kappa shape index (κ3) is 3.77. The quantitative estimate of drug-likeness (QED) is 0.786. The summed E-state index contributed by atoms with van der Waals surface area (Å²) < 4.78 is 31.3. The molecule has 102 valence electrons. The van der Waals surface area contributed by atoms with Gasteiger partial charge in [-0.15, -0.1) is 11.3 Å². The van der Waals surface area contributed by atoms with Crippen molar-refractivity contribution >= 4 is 27.3 Å². The van der Waals surface area contributed by atoms with E-state index in [4.69, 9.17) is 9.84 Å². The summed E-state index contributed by atoms with van der Waals surface area (Å²) in [4.78, 5) is 10.7. The van der Waals surface area contributed by atoms with Crippen LogP contribution in [0.3, 0.4) is 0 Å². The molecule has 2 N–H and O–H groups in total. The Balaban J connectivity index is 2.88. The average Bonchev–Trinajstić information content (AvgIpc) is 2.78. The lowest BCUT2D eigenvalue weighted by molar-refractivity contribution is 0.0702. The molecule has 0 radical (unpaired) electrons. The van der Waals surface area contributed by atoms with E-state index in [1.807, 2.05) is 6.92 Å². The second-order valence-electron chi connectivity index (χ2n) is 3.63. The third-order valence-corrected chi connectivity index (χ3v) is 4.85. The minimum absolute atomic E-state index is 0.00448. The predicted octanol–water partition coefficient (Wildman–Crippen LogP) is 1.15. The minimum atomic E-state index is -3.69. The zero-order valence-electron chi connectivity index (χ0n) is 10.0. The summed E-state index contributed by atoms with van der Waals surface area (Å²) in [6.07, 6.45) is 0.586. The number of nitrogens with one attached hydrogen (secondary N) is 1. The van der Waals surface area contributed by atoms with Crippen LogP contribution >= 0.6 is 11.3 Å². The molecule has 1 heterocycles. The highest BCUT2D eigenvalue weighted by atomic mass is 32.2. The van der Waals surface area contributed by atoms with Crippen molar-refractivity contribution in [2.75, 3.05) is 13.7 Å². The molecule has 8 heteroatoms.